The van der Waals surface area contributed by atoms with Gasteiger partial charge < -0.3 is 14.8 Å². The van der Waals surface area contributed by atoms with Gasteiger partial charge in [0.1, 0.15) is 6.61 Å². The monoisotopic (exact) mass is 283 g/mol. The molecule has 1 aliphatic carbocycles. The van der Waals surface area contributed by atoms with Gasteiger partial charge in [0.15, 0.2) is 11.5 Å². The van der Waals surface area contributed by atoms with Crippen LogP contribution < -0.4 is 14.8 Å². The van der Waals surface area contributed by atoms with E-state index >= 15 is 0 Å². The summed E-state index contributed by atoms with van der Waals surface area (Å²) >= 11 is 5.93. The Bertz CT molecular complexity index is 393. The summed E-state index contributed by atoms with van der Waals surface area (Å²) in [5.74, 6) is 2.38. The Labute approximate surface area is 120 Å². The van der Waals surface area contributed by atoms with E-state index in [0.717, 1.165) is 30.5 Å². The molecule has 19 heavy (non-hydrogen) atoms. The fraction of sp³-hybridized carbons (Fsp3) is 0.600. The first-order valence-electron chi connectivity index (χ1n) is 6.91. The number of nitrogens with one attached hydrogen (secondary N) is 1. The lowest BCUT2D eigenvalue weighted by molar-refractivity contribution is 0.273. The van der Waals surface area contributed by atoms with Crippen molar-refractivity contribution in [2.24, 2.45) is 5.41 Å². The molecule has 1 N–H and O–H groups in total. The van der Waals surface area contributed by atoms with Crippen molar-refractivity contribution < 1.29 is 9.47 Å². The van der Waals surface area contributed by atoms with E-state index in [0.29, 0.717) is 18.6 Å². The van der Waals surface area contributed by atoms with Crippen LogP contribution in [-0.4, -0.2) is 32.2 Å². The van der Waals surface area contributed by atoms with Crippen molar-refractivity contribution in [2.45, 2.75) is 19.8 Å². The maximum atomic E-state index is 5.93. The number of ether oxygens (including phenoxy) is 2. The van der Waals surface area contributed by atoms with E-state index in [1.54, 1.807) is 0 Å². The summed E-state index contributed by atoms with van der Waals surface area (Å²) in [6.45, 7) is 5.09. The van der Waals surface area contributed by atoms with Gasteiger partial charge in [-0.1, -0.05) is 12.1 Å². The second-order valence-corrected chi connectivity index (χ2v) is 5.31. The molecule has 0 radical (unpaired) electrons. The Morgan fingerprint density at radius 2 is 1.89 bits per heavy atom. The van der Waals surface area contributed by atoms with E-state index < -0.39 is 0 Å². The molecule has 0 atom stereocenters. The predicted molar refractivity (Wildman–Crippen MR) is 78.4 cm³/mol. The molecular weight excluding hydrogens is 262 g/mol. The molecule has 0 aromatic heterocycles. The largest absolute Gasteiger partial charge is 0.490 e. The third-order valence-corrected chi connectivity index (χ3v) is 3.99. The standard InChI is InChI=1S/C15H22ClNO2/c1-2-18-13-5-3-4-6-14(13)19-10-9-17-12-15(11-16)7-8-15/h3-6,17H,2,7-12H2,1H3. The molecule has 0 saturated heterocycles. The molecule has 0 bridgehead atoms. The fourth-order valence-electron chi connectivity index (χ4n) is 1.97. The summed E-state index contributed by atoms with van der Waals surface area (Å²) in [4.78, 5) is 0. The summed E-state index contributed by atoms with van der Waals surface area (Å²) in [5.41, 5.74) is 0.366. The summed E-state index contributed by atoms with van der Waals surface area (Å²) in [5, 5.41) is 3.41. The van der Waals surface area contributed by atoms with E-state index in [1.807, 2.05) is 31.2 Å². The minimum absolute atomic E-state index is 0.366. The van der Waals surface area contributed by atoms with Gasteiger partial charge in [0.05, 0.1) is 6.61 Å². The Kier molecular flexibility index (Phi) is 5.34. The highest BCUT2D eigenvalue weighted by Gasteiger charge is 2.40. The van der Waals surface area contributed by atoms with Gasteiger partial charge in [-0.2, -0.15) is 0 Å². The van der Waals surface area contributed by atoms with Gasteiger partial charge in [-0.3, -0.25) is 0 Å². The van der Waals surface area contributed by atoms with Crippen LogP contribution in [0, 0.1) is 5.41 Å². The zero-order valence-corrected chi connectivity index (χ0v) is 12.2. The summed E-state index contributed by atoms with van der Waals surface area (Å²) < 4.78 is 11.3. The summed E-state index contributed by atoms with van der Waals surface area (Å²) in [7, 11) is 0. The van der Waals surface area contributed by atoms with Gasteiger partial charge in [0, 0.05) is 19.0 Å². The normalized spacial score (nSPS) is 16.1. The van der Waals surface area contributed by atoms with Gasteiger partial charge in [-0.25, -0.2) is 0 Å². The lowest BCUT2D eigenvalue weighted by Gasteiger charge is -2.14. The van der Waals surface area contributed by atoms with Gasteiger partial charge in [0.2, 0.25) is 0 Å². The number of alkyl halides is 1. The minimum Gasteiger partial charge on any atom is -0.490 e. The molecular formula is C15H22ClNO2. The van der Waals surface area contributed by atoms with Crippen molar-refractivity contribution in [3.8, 4) is 11.5 Å². The molecule has 0 heterocycles. The van der Waals surface area contributed by atoms with Crippen molar-refractivity contribution in [1.29, 1.82) is 0 Å². The molecule has 0 spiro atoms. The third-order valence-electron chi connectivity index (χ3n) is 3.43. The van der Waals surface area contributed by atoms with Crippen molar-refractivity contribution in [3.05, 3.63) is 24.3 Å². The Hall–Kier alpha value is -0.930. The molecule has 4 heteroatoms. The number of rotatable bonds is 9. The molecule has 0 aliphatic heterocycles. The lowest BCUT2D eigenvalue weighted by atomic mass is 10.1. The zero-order chi connectivity index (χ0) is 13.6. The average molecular weight is 284 g/mol. The van der Waals surface area contributed by atoms with Gasteiger partial charge in [-0.15, -0.1) is 11.6 Å². The maximum Gasteiger partial charge on any atom is 0.161 e. The van der Waals surface area contributed by atoms with Crippen molar-refractivity contribution >= 4 is 11.6 Å². The smallest absolute Gasteiger partial charge is 0.161 e. The second kappa shape index (κ2) is 7.01. The highest BCUT2D eigenvalue weighted by molar-refractivity contribution is 6.18. The average Bonchev–Trinajstić information content (AvgIpc) is 3.21. The zero-order valence-electron chi connectivity index (χ0n) is 11.5. The van der Waals surface area contributed by atoms with Crippen molar-refractivity contribution in [2.75, 3.05) is 32.2 Å². The minimum atomic E-state index is 0.366. The first kappa shape index (κ1) is 14.5. The van der Waals surface area contributed by atoms with Crippen LogP contribution in [0.5, 0.6) is 11.5 Å². The predicted octanol–water partition coefficient (Wildman–Crippen LogP) is 3.07. The molecule has 1 saturated carbocycles. The van der Waals surface area contributed by atoms with Crippen molar-refractivity contribution in [3.63, 3.8) is 0 Å². The highest BCUT2D eigenvalue weighted by Crippen LogP contribution is 2.45. The van der Waals surface area contributed by atoms with Crippen LogP contribution in [-0.2, 0) is 0 Å². The SMILES string of the molecule is CCOc1ccccc1OCCNCC1(CCl)CC1. The molecule has 1 aromatic carbocycles. The van der Waals surface area contributed by atoms with Crippen molar-refractivity contribution in [1.82, 2.24) is 5.32 Å². The van der Waals surface area contributed by atoms with Crippen LogP contribution >= 0.6 is 11.6 Å². The first-order valence-corrected chi connectivity index (χ1v) is 7.44. The van der Waals surface area contributed by atoms with E-state index in [4.69, 9.17) is 21.1 Å². The van der Waals surface area contributed by atoms with Crippen LogP contribution in [0.25, 0.3) is 0 Å². The molecule has 2 rings (SSSR count). The van der Waals surface area contributed by atoms with E-state index in [9.17, 15) is 0 Å². The molecule has 0 amide bonds. The highest BCUT2D eigenvalue weighted by atomic mass is 35.5. The third kappa shape index (κ3) is 4.29. The number of hydrogen-bond donors (Lipinski definition) is 1. The van der Waals surface area contributed by atoms with Gasteiger partial charge >= 0.3 is 0 Å². The lowest BCUT2D eigenvalue weighted by Crippen LogP contribution is -2.28. The molecule has 106 valence electrons. The molecule has 1 aliphatic rings. The van der Waals surface area contributed by atoms with Crippen LogP contribution in [0.3, 0.4) is 0 Å². The number of halogens is 1. The van der Waals surface area contributed by atoms with Crippen LogP contribution in [0.4, 0.5) is 0 Å². The molecule has 0 unspecified atom stereocenters. The van der Waals surface area contributed by atoms with Gasteiger partial charge in [-0.05, 0) is 37.3 Å². The Morgan fingerprint density at radius 1 is 1.21 bits per heavy atom. The van der Waals surface area contributed by atoms with Crippen LogP contribution in [0.15, 0.2) is 24.3 Å². The first-order chi connectivity index (χ1) is 9.29. The Balaban J connectivity index is 1.68. The number of benzene rings is 1. The van der Waals surface area contributed by atoms with Gasteiger partial charge in [0.25, 0.3) is 0 Å². The summed E-state index contributed by atoms with van der Waals surface area (Å²) in [6, 6.07) is 7.77. The summed E-state index contributed by atoms with van der Waals surface area (Å²) in [6.07, 6.45) is 2.50. The van der Waals surface area contributed by atoms with E-state index in [1.165, 1.54) is 12.8 Å². The topological polar surface area (TPSA) is 30.5 Å². The van der Waals surface area contributed by atoms with E-state index in [-0.39, 0.29) is 0 Å². The van der Waals surface area contributed by atoms with Crippen LogP contribution in [0.2, 0.25) is 0 Å². The number of hydrogen-bond acceptors (Lipinski definition) is 3. The molecule has 3 nitrogen and oxygen atoms in total. The van der Waals surface area contributed by atoms with Crippen LogP contribution in [0.1, 0.15) is 19.8 Å². The number of para-hydroxylation sites is 2. The second-order valence-electron chi connectivity index (χ2n) is 5.04. The van der Waals surface area contributed by atoms with E-state index in [2.05, 4.69) is 5.32 Å². The fourth-order valence-corrected chi connectivity index (χ4v) is 2.33. The quantitative estimate of drug-likeness (QED) is 0.558. The maximum absolute atomic E-state index is 5.93. The molecule has 1 aromatic rings. The molecule has 1 fully saturated rings. The Morgan fingerprint density at radius 3 is 2.47 bits per heavy atom.